The van der Waals surface area contributed by atoms with Crippen molar-refractivity contribution in [2.45, 2.75) is 25.3 Å². The molecular weight excluding hydrogens is 292 g/mol. The van der Waals surface area contributed by atoms with Gasteiger partial charge < -0.3 is 4.57 Å². The molecule has 3 heteroatoms. The number of halogens is 1. The minimum atomic E-state index is 0.346. The summed E-state index contributed by atoms with van der Waals surface area (Å²) >= 11 is 6.43. The molecule has 2 aromatic carbocycles. The van der Waals surface area contributed by atoms with Crippen LogP contribution in [0.5, 0.6) is 0 Å². The summed E-state index contributed by atoms with van der Waals surface area (Å²) in [6.07, 6.45) is 7.41. The lowest BCUT2D eigenvalue weighted by Crippen LogP contribution is -2.18. The summed E-state index contributed by atoms with van der Waals surface area (Å²) in [7, 11) is 0. The molecule has 0 saturated carbocycles. The normalized spacial score (nSPS) is 17.2. The maximum absolute atomic E-state index is 6.43. The van der Waals surface area contributed by atoms with Crippen LogP contribution in [0.1, 0.15) is 30.1 Å². The molecule has 2 heterocycles. The monoisotopic (exact) mass is 308 g/mol. The van der Waals surface area contributed by atoms with E-state index in [0.29, 0.717) is 6.04 Å². The summed E-state index contributed by atoms with van der Waals surface area (Å²) in [5, 5.41) is 0.802. The van der Waals surface area contributed by atoms with Gasteiger partial charge in [-0.3, -0.25) is 0 Å². The van der Waals surface area contributed by atoms with Crippen molar-refractivity contribution in [3.63, 3.8) is 0 Å². The van der Waals surface area contributed by atoms with Crippen LogP contribution in [0.2, 0.25) is 5.02 Å². The molecule has 1 aliphatic rings. The van der Waals surface area contributed by atoms with Gasteiger partial charge in [0.2, 0.25) is 0 Å². The van der Waals surface area contributed by atoms with E-state index in [2.05, 4.69) is 39.9 Å². The molecule has 0 radical (unpaired) electrons. The van der Waals surface area contributed by atoms with Gasteiger partial charge in [-0.2, -0.15) is 0 Å². The highest BCUT2D eigenvalue weighted by Crippen LogP contribution is 2.38. The number of rotatable bonds is 2. The van der Waals surface area contributed by atoms with Crippen molar-refractivity contribution >= 4 is 11.6 Å². The third kappa shape index (κ3) is 2.24. The lowest BCUT2D eigenvalue weighted by molar-refractivity contribution is 0.458. The third-order valence-electron chi connectivity index (χ3n) is 4.48. The van der Waals surface area contributed by atoms with Crippen molar-refractivity contribution in [3.05, 3.63) is 77.3 Å². The number of hydrogen-bond acceptors (Lipinski definition) is 1. The van der Waals surface area contributed by atoms with Crippen LogP contribution >= 0.6 is 11.6 Å². The molecule has 0 bridgehead atoms. The molecule has 0 spiro atoms. The first-order valence-corrected chi connectivity index (χ1v) is 8.07. The van der Waals surface area contributed by atoms with E-state index < -0.39 is 0 Å². The second-order valence-electron chi connectivity index (χ2n) is 5.77. The van der Waals surface area contributed by atoms with Crippen LogP contribution in [0.3, 0.4) is 0 Å². The van der Waals surface area contributed by atoms with Gasteiger partial charge in [0.05, 0.1) is 12.4 Å². The van der Waals surface area contributed by atoms with E-state index in [-0.39, 0.29) is 0 Å². The van der Waals surface area contributed by atoms with Crippen molar-refractivity contribution < 1.29 is 0 Å². The Hall–Kier alpha value is -2.06. The van der Waals surface area contributed by atoms with Crippen molar-refractivity contribution in [2.24, 2.45) is 0 Å². The van der Waals surface area contributed by atoms with Crippen LogP contribution < -0.4 is 0 Å². The number of imidazole rings is 1. The van der Waals surface area contributed by atoms with Crippen LogP contribution in [0.25, 0.3) is 11.1 Å². The van der Waals surface area contributed by atoms with Gasteiger partial charge in [0, 0.05) is 22.5 Å². The summed E-state index contributed by atoms with van der Waals surface area (Å²) in [6.45, 7) is 0. The number of aryl methyl sites for hydroxylation is 1. The zero-order chi connectivity index (χ0) is 14.9. The molecule has 0 saturated heterocycles. The van der Waals surface area contributed by atoms with Gasteiger partial charge in [-0.15, -0.1) is 0 Å². The van der Waals surface area contributed by atoms with Gasteiger partial charge in [-0.1, -0.05) is 54.1 Å². The molecule has 0 N–H and O–H groups in total. The van der Waals surface area contributed by atoms with Gasteiger partial charge in [0.25, 0.3) is 0 Å². The lowest BCUT2D eigenvalue weighted by atomic mass is 9.90. The Morgan fingerprint density at radius 1 is 1.00 bits per heavy atom. The second kappa shape index (κ2) is 5.62. The molecule has 1 aliphatic heterocycles. The summed E-state index contributed by atoms with van der Waals surface area (Å²) in [4.78, 5) is 4.34. The van der Waals surface area contributed by atoms with E-state index in [1.54, 1.807) is 0 Å². The summed E-state index contributed by atoms with van der Waals surface area (Å²) < 4.78 is 2.32. The zero-order valence-electron chi connectivity index (χ0n) is 12.2. The molecule has 1 aromatic heterocycles. The summed E-state index contributed by atoms with van der Waals surface area (Å²) in [5.74, 6) is 0. The fourth-order valence-corrected chi connectivity index (χ4v) is 3.68. The van der Waals surface area contributed by atoms with E-state index >= 15 is 0 Å². The minimum Gasteiger partial charge on any atom is -0.327 e. The summed E-state index contributed by atoms with van der Waals surface area (Å²) in [5.41, 5.74) is 4.98. The van der Waals surface area contributed by atoms with Crippen molar-refractivity contribution in [3.8, 4) is 11.1 Å². The standard InChI is InChI=1S/C19H17ClN2/c20-18-10-4-3-8-16(18)15-7-1-2-9-17(15)19-11-5-6-14-12-21-13-22(14)19/h1-4,7-10,12-13,19H,5-6,11H2. The predicted octanol–water partition coefficient (Wildman–Crippen LogP) is 5.13. The Balaban J connectivity index is 1.87. The molecular formula is C19H17ClN2. The van der Waals surface area contributed by atoms with Crippen LogP contribution in [-0.4, -0.2) is 9.55 Å². The van der Waals surface area contributed by atoms with E-state index in [4.69, 9.17) is 11.6 Å². The molecule has 2 nitrogen and oxygen atoms in total. The van der Waals surface area contributed by atoms with Crippen molar-refractivity contribution in [2.75, 3.05) is 0 Å². The van der Waals surface area contributed by atoms with Crippen molar-refractivity contribution in [1.82, 2.24) is 9.55 Å². The highest BCUT2D eigenvalue weighted by Gasteiger charge is 2.23. The molecule has 22 heavy (non-hydrogen) atoms. The lowest BCUT2D eigenvalue weighted by Gasteiger charge is -2.28. The Morgan fingerprint density at radius 3 is 2.64 bits per heavy atom. The van der Waals surface area contributed by atoms with Crippen molar-refractivity contribution in [1.29, 1.82) is 0 Å². The zero-order valence-corrected chi connectivity index (χ0v) is 13.0. The van der Waals surface area contributed by atoms with E-state index in [9.17, 15) is 0 Å². The minimum absolute atomic E-state index is 0.346. The number of aromatic nitrogens is 2. The van der Waals surface area contributed by atoms with Crippen LogP contribution in [0, 0.1) is 0 Å². The Labute approximate surface area is 135 Å². The summed E-state index contributed by atoms with van der Waals surface area (Å²) in [6, 6.07) is 17.0. The van der Waals surface area contributed by atoms with Crippen LogP contribution in [0.4, 0.5) is 0 Å². The highest BCUT2D eigenvalue weighted by atomic mass is 35.5. The van der Waals surface area contributed by atoms with E-state index in [0.717, 1.165) is 23.4 Å². The Morgan fingerprint density at radius 2 is 1.77 bits per heavy atom. The fourth-order valence-electron chi connectivity index (χ4n) is 3.44. The quantitative estimate of drug-likeness (QED) is 0.642. The topological polar surface area (TPSA) is 17.8 Å². The predicted molar refractivity (Wildman–Crippen MR) is 90.2 cm³/mol. The van der Waals surface area contributed by atoms with Gasteiger partial charge in [-0.25, -0.2) is 4.98 Å². The van der Waals surface area contributed by atoms with Gasteiger partial charge in [0.1, 0.15) is 0 Å². The molecule has 1 unspecified atom stereocenters. The smallest absolute Gasteiger partial charge is 0.0953 e. The number of hydrogen-bond donors (Lipinski definition) is 0. The maximum Gasteiger partial charge on any atom is 0.0953 e. The average molecular weight is 309 g/mol. The first-order chi connectivity index (χ1) is 10.8. The molecule has 0 amide bonds. The van der Waals surface area contributed by atoms with Gasteiger partial charge >= 0.3 is 0 Å². The van der Waals surface area contributed by atoms with E-state index in [1.807, 2.05) is 30.7 Å². The first-order valence-electron chi connectivity index (χ1n) is 7.69. The number of nitrogens with zero attached hydrogens (tertiary/aromatic N) is 2. The molecule has 0 aliphatic carbocycles. The average Bonchev–Trinajstić information content (AvgIpc) is 3.04. The van der Waals surface area contributed by atoms with Gasteiger partial charge in [-0.05, 0) is 36.5 Å². The third-order valence-corrected chi connectivity index (χ3v) is 4.81. The Bertz CT molecular complexity index is 806. The SMILES string of the molecule is Clc1ccccc1-c1ccccc1C1CCCc2cncn21. The van der Waals surface area contributed by atoms with Gasteiger partial charge in [0.15, 0.2) is 0 Å². The molecule has 0 fully saturated rings. The second-order valence-corrected chi connectivity index (χ2v) is 6.17. The first kappa shape index (κ1) is 13.6. The number of benzene rings is 2. The molecule has 1 atom stereocenters. The number of fused-ring (bicyclic) bond motifs is 1. The largest absolute Gasteiger partial charge is 0.327 e. The molecule has 4 rings (SSSR count). The highest BCUT2D eigenvalue weighted by molar-refractivity contribution is 6.33. The van der Waals surface area contributed by atoms with E-state index in [1.165, 1.54) is 23.2 Å². The van der Waals surface area contributed by atoms with Crippen LogP contribution in [0.15, 0.2) is 61.1 Å². The van der Waals surface area contributed by atoms with Crippen LogP contribution in [-0.2, 0) is 6.42 Å². The molecule has 3 aromatic rings. The maximum atomic E-state index is 6.43. The molecule has 110 valence electrons. The Kier molecular flexibility index (Phi) is 3.47. The fraction of sp³-hybridized carbons (Fsp3) is 0.211.